The maximum Gasteiger partial charge on any atom is 0.337 e. The molecule has 0 unspecified atom stereocenters. The highest BCUT2D eigenvalue weighted by molar-refractivity contribution is 6.01. The minimum absolute atomic E-state index is 0.0167. The first kappa shape index (κ1) is 45.1. The number of benzene rings is 4. The lowest BCUT2D eigenvalue weighted by atomic mass is 9.84. The van der Waals surface area contributed by atoms with Crippen LogP contribution in [-0.2, 0) is 32.1 Å². The Balaban J connectivity index is 0.000000192. The number of rotatable bonds is 16. The SMILES string of the molecule is CCOC(=O)[C@H](CCc1ccccc1)N[C@@H](C)C(=O)N1[C@H](C(=O)O)C[C@H]2CCCC[C@@H]21.CCOc1nc2cccc(C(=O)O)c2n1Cc1ccc(-c2ccccc2-c2nn[nH]n2)cc1. The number of imidazole rings is 1. The Morgan fingerprint density at radius 1 is 0.859 bits per heavy atom. The summed E-state index contributed by atoms with van der Waals surface area (Å²) < 4.78 is 12.7. The molecule has 4 N–H and O–H groups in total. The molecule has 2 fully saturated rings. The van der Waals surface area contributed by atoms with Gasteiger partial charge in [-0.15, -0.1) is 10.2 Å². The maximum absolute atomic E-state index is 13.4. The summed E-state index contributed by atoms with van der Waals surface area (Å²) >= 11 is 0. The van der Waals surface area contributed by atoms with Crippen molar-refractivity contribution in [2.75, 3.05) is 13.2 Å². The number of ether oxygens (including phenoxy) is 2. The number of hydrogen-bond acceptors (Lipinski definition) is 11. The van der Waals surface area contributed by atoms with Gasteiger partial charge in [-0.3, -0.25) is 19.5 Å². The molecule has 4 aromatic carbocycles. The van der Waals surface area contributed by atoms with Crippen molar-refractivity contribution >= 4 is 34.8 Å². The van der Waals surface area contributed by atoms with Crippen LogP contribution in [0.2, 0.25) is 0 Å². The number of aromatic nitrogens is 6. The molecular formula is C48H54N8O8. The second kappa shape index (κ2) is 21.0. The Bertz CT molecular complexity index is 2530. The lowest BCUT2D eigenvalue weighted by molar-refractivity contribution is -0.152. The third-order valence-corrected chi connectivity index (χ3v) is 11.9. The predicted octanol–water partition coefficient (Wildman–Crippen LogP) is 6.80. The van der Waals surface area contributed by atoms with Gasteiger partial charge >= 0.3 is 17.9 Å². The summed E-state index contributed by atoms with van der Waals surface area (Å²) in [6.07, 6.45) is 5.62. The molecule has 0 spiro atoms. The van der Waals surface area contributed by atoms with E-state index in [0.717, 1.165) is 53.5 Å². The average molecular weight is 871 g/mol. The summed E-state index contributed by atoms with van der Waals surface area (Å²) in [5.41, 5.74) is 6.28. The highest BCUT2D eigenvalue weighted by Crippen LogP contribution is 2.40. The number of aryl methyl sites for hydroxylation is 1. The minimum atomic E-state index is -1.00. The second-order valence-corrected chi connectivity index (χ2v) is 16.0. The van der Waals surface area contributed by atoms with Gasteiger partial charge in [0.15, 0.2) is 0 Å². The number of amides is 1. The molecule has 1 saturated heterocycles. The summed E-state index contributed by atoms with van der Waals surface area (Å²) in [6, 6.07) is 29.1. The number of para-hydroxylation sites is 1. The van der Waals surface area contributed by atoms with Crippen molar-refractivity contribution in [3.8, 4) is 28.5 Å². The Kier molecular flexibility index (Phi) is 14.8. The number of aromatic carboxylic acids is 1. The van der Waals surface area contributed by atoms with Gasteiger partial charge in [0.2, 0.25) is 11.7 Å². The molecule has 0 radical (unpaired) electrons. The summed E-state index contributed by atoms with van der Waals surface area (Å²) in [5.74, 6) is -1.79. The number of nitrogens with one attached hydrogen (secondary N) is 2. The molecule has 2 aliphatic rings. The van der Waals surface area contributed by atoms with Crippen LogP contribution in [0.1, 0.15) is 80.8 Å². The zero-order chi connectivity index (χ0) is 45.2. The molecule has 8 rings (SSSR count). The molecule has 6 aromatic rings. The molecule has 5 atom stereocenters. The number of carboxylic acid groups (broad SMARTS) is 2. The van der Waals surface area contributed by atoms with Gasteiger partial charge in [-0.2, -0.15) is 10.2 Å². The Morgan fingerprint density at radius 2 is 1.59 bits per heavy atom. The van der Waals surface area contributed by atoms with Gasteiger partial charge in [-0.05, 0) is 98.4 Å². The number of H-pyrrole nitrogens is 1. The first-order chi connectivity index (χ1) is 31.1. The van der Waals surface area contributed by atoms with Crippen molar-refractivity contribution < 1.29 is 38.9 Å². The van der Waals surface area contributed by atoms with Crippen molar-refractivity contribution in [1.82, 2.24) is 40.4 Å². The monoisotopic (exact) mass is 870 g/mol. The molecule has 16 heteroatoms. The fourth-order valence-corrected chi connectivity index (χ4v) is 8.96. The van der Waals surface area contributed by atoms with Crippen molar-refractivity contribution in [2.24, 2.45) is 5.92 Å². The summed E-state index contributed by atoms with van der Waals surface area (Å²) in [4.78, 5) is 55.7. The van der Waals surface area contributed by atoms with E-state index in [1.54, 1.807) is 36.9 Å². The largest absolute Gasteiger partial charge is 0.480 e. The van der Waals surface area contributed by atoms with Crippen LogP contribution in [-0.4, -0.2) is 106 Å². The van der Waals surface area contributed by atoms with Crippen LogP contribution in [0.5, 0.6) is 6.01 Å². The van der Waals surface area contributed by atoms with E-state index >= 15 is 0 Å². The van der Waals surface area contributed by atoms with Gasteiger partial charge in [0.1, 0.15) is 12.1 Å². The number of carbonyl (C=O) groups is 4. The molecule has 2 aromatic heterocycles. The van der Waals surface area contributed by atoms with Gasteiger partial charge in [0.05, 0.1) is 42.4 Å². The minimum Gasteiger partial charge on any atom is -0.480 e. The molecule has 0 bridgehead atoms. The molecule has 1 aliphatic heterocycles. The van der Waals surface area contributed by atoms with Gasteiger partial charge < -0.3 is 24.6 Å². The summed E-state index contributed by atoms with van der Waals surface area (Å²) in [5, 5.41) is 36.9. The number of fused-ring (bicyclic) bond motifs is 2. The van der Waals surface area contributed by atoms with Crippen molar-refractivity contribution in [2.45, 2.75) is 96.4 Å². The van der Waals surface area contributed by atoms with E-state index in [4.69, 9.17) is 9.47 Å². The number of nitrogens with zero attached hydrogens (tertiary/aromatic N) is 6. The van der Waals surface area contributed by atoms with Gasteiger partial charge in [0.25, 0.3) is 6.01 Å². The van der Waals surface area contributed by atoms with E-state index in [1.165, 1.54) is 0 Å². The molecule has 1 amide bonds. The number of aliphatic carboxylic acids is 1. The Morgan fingerprint density at radius 3 is 2.28 bits per heavy atom. The van der Waals surface area contributed by atoms with Gasteiger partial charge in [0, 0.05) is 11.6 Å². The smallest absolute Gasteiger partial charge is 0.337 e. The second-order valence-electron chi connectivity index (χ2n) is 16.0. The van der Waals surface area contributed by atoms with Crippen molar-refractivity contribution in [1.29, 1.82) is 0 Å². The van der Waals surface area contributed by atoms with Gasteiger partial charge in [-0.1, -0.05) is 97.8 Å². The van der Waals surface area contributed by atoms with Crippen LogP contribution in [0.3, 0.4) is 0 Å². The lowest BCUT2D eigenvalue weighted by Crippen LogP contribution is -2.55. The topological polar surface area (TPSA) is 215 Å². The van der Waals surface area contributed by atoms with E-state index in [1.807, 2.05) is 90.4 Å². The molecule has 1 aliphatic carbocycles. The Labute approximate surface area is 371 Å². The molecule has 64 heavy (non-hydrogen) atoms. The number of carbonyl (C=O) groups excluding carboxylic acids is 2. The molecule has 1 saturated carbocycles. The van der Waals surface area contributed by atoms with Crippen LogP contribution < -0.4 is 10.1 Å². The number of esters is 1. The number of likely N-dealkylation sites (tertiary alicyclic amines) is 1. The quantitative estimate of drug-likeness (QED) is 0.0738. The fourth-order valence-electron chi connectivity index (χ4n) is 8.96. The molecule has 334 valence electrons. The number of aromatic amines is 1. The van der Waals surface area contributed by atoms with Crippen LogP contribution in [0.15, 0.2) is 97.1 Å². The Hall–Kier alpha value is -6.94. The van der Waals surface area contributed by atoms with Crippen molar-refractivity contribution in [3.63, 3.8) is 0 Å². The highest BCUT2D eigenvalue weighted by Gasteiger charge is 2.48. The third kappa shape index (κ3) is 10.3. The van der Waals surface area contributed by atoms with E-state index in [0.29, 0.717) is 55.3 Å². The normalized spacial score (nSPS) is 17.7. The van der Waals surface area contributed by atoms with Gasteiger partial charge in [-0.25, -0.2) is 9.59 Å². The zero-order valence-electron chi connectivity index (χ0n) is 36.2. The number of carboxylic acids is 2. The predicted molar refractivity (Wildman–Crippen MR) is 238 cm³/mol. The van der Waals surface area contributed by atoms with E-state index in [-0.39, 0.29) is 36.0 Å². The van der Waals surface area contributed by atoms with Crippen LogP contribution in [0, 0.1) is 5.92 Å². The average Bonchev–Trinajstić information content (AvgIpc) is 4.07. The molecule has 16 nitrogen and oxygen atoms in total. The van der Waals surface area contributed by atoms with E-state index in [2.05, 4.69) is 30.9 Å². The fraction of sp³-hybridized carbons (Fsp3) is 0.375. The first-order valence-corrected chi connectivity index (χ1v) is 21.9. The standard InChI is InChI=1S/C24H20N6O3.C24H34N2O5/c1-2-33-24-25-20-9-5-8-19(23(31)32)21(20)30(24)14-15-10-12-16(13-11-15)17-6-3-4-7-18(17)22-26-28-29-27-22;1-3-31-24(30)19(14-13-17-9-5-4-6-10-17)25-16(2)22(27)26-20-12-8-7-11-18(20)15-21(26)23(28)29/h3-13H,2,14H2,1H3,(H,31,32)(H,26,27,28,29);4-6,9-10,16,18-21,25H,3,7-8,11-15H2,1-2H3,(H,28,29)/t;16-,18+,19-,20-,21-/m.0/s1. The van der Waals surface area contributed by atoms with Crippen molar-refractivity contribution in [3.05, 3.63) is 114 Å². The van der Waals surface area contributed by atoms with E-state index in [9.17, 15) is 29.4 Å². The van der Waals surface area contributed by atoms with Crippen LogP contribution in [0.25, 0.3) is 33.5 Å². The lowest BCUT2D eigenvalue weighted by Gasteiger charge is -2.35. The summed E-state index contributed by atoms with van der Waals surface area (Å²) in [7, 11) is 0. The zero-order valence-corrected chi connectivity index (χ0v) is 36.2. The number of hydrogen-bond donors (Lipinski definition) is 4. The molecule has 3 heterocycles. The van der Waals surface area contributed by atoms with E-state index < -0.39 is 30.1 Å². The summed E-state index contributed by atoms with van der Waals surface area (Å²) in [6.45, 7) is 6.46. The first-order valence-electron chi connectivity index (χ1n) is 21.9. The third-order valence-electron chi connectivity index (χ3n) is 11.9. The van der Waals surface area contributed by atoms with Crippen LogP contribution in [0.4, 0.5) is 0 Å². The maximum atomic E-state index is 13.4. The molecular weight excluding hydrogens is 817 g/mol. The van der Waals surface area contributed by atoms with Crippen LogP contribution >= 0.6 is 0 Å². The number of tetrazole rings is 1. The highest BCUT2D eigenvalue weighted by atomic mass is 16.5.